The van der Waals surface area contributed by atoms with Crippen molar-refractivity contribution in [3.8, 4) is 0 Å². The second kappa shape index (κ2) is 54.3. The Kier molecular flexibility index (Phi) is 51.6. The van der Waals surface area contributed by atoms with E-state index in [1.807, 2.05) is 0 Å². The third-order valence-electron chi connectivity index (χ3n) is 16.6. The van der Waals surface area contributed by atoms with Crippen LogP contribution in [-0.4, -0.2) is 111 Å². The van der Waals surface area contributed by atoms with E-state index in [4.69, 9.17) is 0 Å². The molecule has 9 nitrogen and oxygen atoms in total. The molecule has 0 aromatic heterocycles. The number of nitrogens with one attached hydrogen (secondary N) is 3. The van der Waals surface area contributed by atoms with Crippen LogP contribution in [0.3, 0.4) is 0 Å². The molecule has 444 valence electrons. The van der Waals surface area contributed by atoms with Crippen LogP contribution in [0.4, 0.5) is 0 Å². The molecule has 1 fully saturated rings. The zero-order valence-corrected chi connectivity index (χ0v) is 51.5. The van der Waals surface area contributed by atoms with Gasteiger partial charge in [0.1, 0.15) is 0 Å². The average Bonchev–Trinajstić information content (AvgIpc) is 3.42. The van der Waals surface area contributed by atoms with Gasteiger partial charge in [-0.25, -0.2) is 0 Å². The van der Waals surface area contributed by atoms with Gasteiger partial charge in [0, 0.05) is 37.4 Å². The molecule has 1 saturated carbocycles. The lowest BCUT2D eigenvalue weighted by atomic mass is 9.74. The van der Waals surface area contributed by atoms with E-state index in [0.717, 1.165) is 78.2 Å². The molecule has 0 bridgehead atoms. The minimum absolute atomic E-state index is 0.0313. The van der Waals surface area contributed by atoms with E-state index in [9.17, 15) is 14.4 Å². The van der Waals surface area contributed by atoms with E-state index >= 15 is 0 Å². The Hall–Kier alpha value is -1.71. The van der Waals surface area contributed by atoms with Crippen molar-refractivity contribution >= 4 is 17.7 Å². The molecule has 1 aliphatic rings. The highest BCUT2D eigenvalue weighted by Crippen LogP contribution is 2.34. The van der Waals surface area contributed by atoms with Crippen molar-refractivity contribution in [1.82, 2.24) is 30.7 Å². The van der Waals surface area contributed by atoms with Gasteiger partial charge in [-0.2, -0.15) is 0 Å². The number of rotatable bonds is 57. The van der Waals surface area contributed by atoms with Gasteiger partial charge in [-0.1, -0.05) is 234 Å². The zero-order chi connectivity index (χ0) is 54.5. The second-order valence-electron chi connectivity index (χ2n) is 23.9. The van der Waals surface area contributed by atoms with Crippen LogP contribution in [0.1, 0.15) is 311 Å². The topological polar surface area (TPSA) is 97.0 Å². The Morgan fingerprint density at radius 3 is 0.600 bits per heavy atom. The lowest BCUT2D eigenvalue weighted by Gasteiger charge is -2.33. The molecular weight excluding hydrogens is 925 g/mol. The van der Waals surface area contributed by atoms with Crippen LogP contribution < -0.4 is 16.0 Å². The lowest BCUT2D eigenvalue weighted by molar-refractivity contribution is -0.135. The van der Waals surface area contributed by atoms with E-state index in [-0.39, 0.29) is 35.5 Å². The van der Waals surface area contributed by atoms with E-state index < -0.39 is 0 Å². The van der Waals surface area contributed by atoms with Gasteiger partial charge in [-0.05, 0) is 136 Å². The quantitative estimate of drug-likeness (QED) is 0.0525. The molecule has 1 aliphatic carbocycles. The first-order valence-corrected chi connectivity index (χ1v) is 33.8. The molecule has 9 heteroatoms. The smallest absolute Gasteiger partial charge is 0.223 e. The number of carbonyl (C=O) groups excluding carboxylic acids is 3. The van der Waals surface area contributed by atoms with Crippen molar-refractivity contribution in [2.24, 2.45) is 17.8 Å². The van der Waals surface area contributed by atoms with Gasteiger partial charge in [-0.15, -0.1) is 0 Å². The van der Waals surface area contributed by atoms with Crippen LogP contribution in [0.2, 0.25) is 0 Å². The summed E-state index contributed by atoms with van der Waals surface area (Å²) < 4.78 is 0. The fourth-order valence-corrected chi connectivity index (χ4v) is 11.6. The van der Waals surface area contributed by atoms with Gasteiger partial charge in [0.15, 0.2) is 0 Å². The van der Waals surface area contributed by atoms with Crippen molar-refractivity contribution in [1.29, 1.82) is 0 Å². The number of nitrogens with zero attached hydrogens (tertiary/aromatic N) is 3. The van der Waals surface area contributed by atoms with Gasteiger partial charge < -0.3 is 30.7 Å². The van der Waals surface area contributed by atoms with Crippen molar-refractivity contribution in [2.75, 3.05) is 78.5 Å². The third-order valence-corrected chi connectivity index (χ3v) is 16.6. The summed E-state index contributed by atoms with van der Waals surface area (Å²) in [4.78, 5) is 50.2. The summed E-state index contributed by atoms with van der Waals surface area (Å²) in [6, 6.07) is 0. The average molecular weight is 1060 g/mol. The molecule has 0 atom stereocenters. The molecule has 1 rings (SSSR count). The van der Waals surface area contributed by atoms with Crippen molar-refractivity contribution < 1.29 is 14.4 Å². The van der Waals surface area contributed by atoms with Crippen LogP contribution in [-0.2, 0) is 14.4 Å². The Balaban J connectivity index is 2.97. The van der Waals surface area contributed by atoms with E-state index in [2.05, 4.69) is 72.2 Å². The summed E-state index contributed by atoms with van der Waals surface area (Å²) in [5.41, 5.74) is 0. The van der Waals surface area contributed by atoms with Gasteiger partial charge in [0.2, 0.25) is 17.7 Å². The first kappa shape index (κ1) is 71.3. The summed E-state index contributed by atoms with van der Waals surface area (Å²) in [5.74, 6) is -0.898. The normalized spacial score (nSPS) is 15.9. The third kappa shape index (κ3) is 42.9. The molecular formula is C66H132N6O3. The molecule has 0 aliphatic heterocycles. The van der Waals surface area contributed by atoms with Crippen LogP contribution >= 0.6 is 0 Å². The fraction of sp³-hybridized carbons (Fsp3) is 0.955. The number of amides is 3. The summed E-state index contributed by atoms with van der Waals surface area (Å²) in [7, 11) is 0. The molecule has 0 unspecified atom stereocenters. The summed E-state index contributed by atoms with van der Waals surface area (Å²) in [6.07, 6.45) is 51.6. The monoisotopic (exact) mass is 1060 g/mol. The number of carbonyl (C=O) groups is 3. The molecule has 0 saturated heterocycles. The first-order chi connectivity index (χ1) is 36.8. The molecule has 75 heavy (non-hydrogen) atoms. The van der Waals surface area contributed by atoms with Crippen LogP contribution in [0.25, 0.3) is 0 Å². The number of hydrogen-bond donors (Lipinski definition) is 3. The summed E-state index contributed by atoms with van der Waals surface area (Å²) in [5, 5.41) is 9.96. The van der Waals surface area contributed by atoms with Gasteiger partial charge in [-0.3, -0.25) is 14.4 Å². The van der Waals surface area contributed by atoms with E-state index in [1.165, 1.54) is 231 Å². The number of unbranched alkanes of at least 4 members (excludes halogenated alkanes) is 30. The number of hydrogen-bond acceptors (Lipinski definition) is 6. The maximum absolute atomic E-state index is 14.1. The Morgan fingerprint density at radius 2 is 0.413 bits per heavy atom. The lowest BCUT2D eigenvalue weighted by Crippen LogP contribution is -2.45. The minimum Gasteiger partial charge on any atom is -0.356 e. The predicted octanol–water partition coefficient (Wildman–Crippen LogP) is 16.6. The molecule has 0 aromatic carbocycles. The van der Waals surface area contributed by atoms with Crippen molar-refractivity contribution in [2.45, 2.75) is 311 Å². The standard InChI is InChI=1S/C66H132N6O3/c1-7-13-19-25-31-37-49-70(50-38-32-26-20-14-8-2)55-43-46-67-64(73)61-58-62(65(74)68-47-44-56-71(51-39-33-27-21-15-9-3)52-40-34-28-22-16-10-4)60-63(59-61)66(75)69-48-45-57-72(53-41-35-29-23-17-11-5)54-42-36-30-24-18-12-6/h61-63H,7-60H2,1-6H3,(H,67,73)(H,68,74)(H,69,75). The molecule has 3 amide bonds. The van der Waals surface area contributed by atoms with Gasteiger partial charge >= 0.3 is 0 Å². The Labute approximate surface area is 468 Å². The van der Waals surface area contributed by atoms with Gasteiger partial charge in [0.25, 0.3) is 0 Å². The Bertz CT molecular complexity index is 1050. The maximum Gasteiger partial charge on any atom is 0.223 e. The fourth-order valence-electron chi connectivity index (χ4n) is 11.6. The highest BCUT2D eigenvalue weighted by Gasteiger charge is 2.39. The molecule has 0 aromatic rings. The van der Waals surface area contributed by atoms with Crippen molar-refractivity contribution in [3.05, 3.63) is 0 Å². The SMILES string of the molecule is CCCCCCCCN(CCCCCCCC)CCCNC(=O)C1CC(C(=O)NCCCN(CCCCCCCC)CCCCCCCC)CC(C(=O)NCCCN(CCCCCCCC)CCCCCCCC)C1. The minimum atomic E-state index is -0.331. The van der Waals surface area contributed by atoms with Crippen molar-refractivity contribution in [3.63, 3.8) is 0 Å². The maximum atomic E-state index is 14.1. The predicted molar refractivity (Wildman–Crippen MR) is 327 cm³/mol. The Morgan fingerprint density at radius 1 is 0.253 bits per heavy atom. The van der Waals surface area contributed by atoms with E-state index in [0.29, 0.717) is 38.9 Å². The zero-order valence-electron chi connectivity index (χ0n) is 51.5. The highest BCUT2D eigenvalue weighted by atomic mass is 16.2. The van der Waals surface area contributed by atoms with Crippen LogP contribution in [0.15, 0.2) is 0 Å². The first-order valence-electron chi connectivity index (χ1n) is 33.8. The molecule has 0 heterocycles. The largest absolute Gasteiger partial charge is 0.356 e. The summed E-state index contributed by atoms with van der Waals surface area (Å²) >= 11 is 0. The molecule has 0 spiro atoms. The highest BCUT2D eigenvalue weighted by molar-refractivity contribution is 5.86. The molecule has 0 radical (unpaired) electrons. The summed E-state index contributed by atoms with van der Waals surface area (Å²) in [6.45, 7) is 25.6. The van der Waals surface area contributed by atoms with Crippen LogP contribution in [0, 0.1) is 17.8 Å². The molecule has 3 N–H and O–H groups in total. The van der Waals surface area contributed by atoms with E-state index in [1.54, 1.807) is 0 Å². The van der Waals surface area contributed by atoms with Crippen LogP contribution in [0.5, 0.6) is 0 Å². The second-order valence-corrected chi connectivity index (χ2v) is 23.9. The van der Waals surface area contributed by atoms with Gasteiger partial charge in [0.05, 0.1) is 0 Å².